The number of hydrogen-bond acceptors (Lipinski definition) is 5. The van der Waals surface area contributed by atoms with Crippen LogP contribution in [0.25, 0.3) is 0 Å². The number of ether oxygens (including phenoxy) is 1. The molecule has 4 aliphatic rings. The Morgan fingerprint density at radius 2 is 1.79 bits per heavy atom. The highest BCUT2D eigenvalue weighted by molar-refractivity contribution is 8.20. The van der Waals surface area contributed by atoms with Crippen LogP contribution in [-0.2, 0) is 4.74 Å². The zero-order valence-corrected chi connectivity index (χ0v) is 9.87. The topological polar surface area (TPSA) is 49.7 Å². The molecule has 0 unspecified atom stereocenters. The van der Waals surface area contributed by atoms with Gasteiger partial charge in [-0.05, 0) is 13.8 Å². The summed E-state index contributed by atoms with van der Waals surface area (Å²) < 4.78 is 5.24. The highest BCUT2D eigenvalue weighted by Crippen LogP contribution is 2.70. The lowest BCUT2D eigenvalue weighted by Gasteiger charge is -2.64. The molecule has 0 aromatic heterocycles. The van der Waals surface area contributed by atoms with Gasteiger partial charge in [-0.1, -0.05) is 11.8 Å². The Bertz CT molecular complexity index is 211. The molecule has 0 amide bonds. The first kappa shape index (κ1) is 9.78. The van der Waals surface area contributed by atoms with Crippen LogP contribution in [0.15, 0.2) is 0 Å². The number of rotatable bonds is 0. The van der Waals surface area contributed by atoms with Crippen LogP contribution in [0.2, 0.25) is 0 Å². The molecule has 14 heavy (non-hydrogen) atoms. The molecule has 0 spiro atoms. The molecule has 4 atom stereocenters. The van der Waals surface area contributed by atoms with E-state index < -0.39 is 10.9 Å². The fourth-order valence-electron chi connectivity index (χ4n) is 3.17. The van der Waals surface area contributed by atoms with E-state index in [0.717, 1.165) is 0 Å². The SMILES string of the molecule is C[C@@]12C[C@@]3(O)C[C@@](C)(S1)S[C@@](O)(C2)O3. The zero-order valence-electron chi connectivity index (χ0n) is 8.24. The van der Waals surface area contributed by atoms with E-state index in [4.69, 9.17) is 4.74 Å². The van der Waals surface area contributed by atoms with Gasteiger partial charge in [0.15, 0.2) is 5.79 Å². The van der Waals surface area contributed by atoms with E-state index in [1.165, 1.54) is 11.8 Å². The Kier molecular flexibility index (Phi) is 1.61. The highest BCUT2D eigenvalue weighted by atomic mass is 32.2. The van der Waals surface area contributed by atoms with Crippen LogP contribution in [0.1, 0.15) is 33.1 Å². The maximum absolute atomic E-state index is 10.2. The van der Waals surface area contributed by atoms with Gasteiger partial charge in [0, 0.05) is 24.0 Å². The quantitative estimate of drug-likeness (QED) is 0.665. The van der Waals surface area contributed by atoms with Crippen molar-refractivity contribution in [1.82, 2.24) is 0 Å². The van der Waals surface area contributed by atoms with Crippen LogP contribution in [-0.4, -0.2) is 29.9 Å². The summed E-state index contributed by atoms with van der Waals surface area (Å²) in [6, 6.07) is 0. The maximum atomic E-state index is 10.2. The van der Waals surface area contributed by atoms with Gasteiger partial charge in [-0.25, -0.2) is 0 Å². The minimum absolute atomic E-state index is 0.0417. The maximum Gasteiger partial charge on any atom is 0.220 e. The van der Waals surface area contributed by atoms with E-state index in [9.17, 15) is 10.2 Å². The molecule has 4 fully saturated rings. The van der Waals surface area contributed by atoms with Crippen molar-refractivity contribution in [2.45, 2.75) is 52.8 Å². The van der Waals surface area contributed by atoms with Crippen molar-refractivity contribution in [3.8, 4) is 0 Å². The molecular weight excluding hydrogens is 220 g/mol. The van der Waals surface area contributed by atoms with E-state index in [-0.39, 0.29) is 8.83 Å². The molecule has 4 bridgehead atoms. The van der Waals surface area contributed by atoms with Crippen molar-refractivity contribution >= 4 is 23.5 Å². The summed E-state index contributed by atoms with van der Waals surface area (Å²) in [4.78, 5) is 0. The Labute approximate surface area is 91.6 Å². The lowest BCUT2D eigenvalue weighted by Crippen LogP contribution is -2.66. The number of thioether (sulfide) groups is 2. The van der Waals surface area contributed by atoms with Crippen molar-refractivity contribution < 1.29 is 14.9 Å². The van der Waals surface area contributed by atoms with Crippen molar-refractivity contribution in [1.29, 1.82) is 0 Å². The molecule has 4 rings (SSSR count). The van der Waals surface area contributed by atoms with E-state index in [1.54, 1.807) is 0 Å². The minimum Gasteiger partial charge on any atom is -0.365 e. The summed E-state index contributed by atoms with van der Waals surface area (Å²) in [5.74, 6) is -1.10. The molecular formula is C9H14O3S2. The van der Waals surface area contributed by atoms with Crippen LogP contribution < -0.4 is 0 Å². The normalized spacial score (nSPS) is 66.0. The third-order valence-corrected chi connectivity index (χ3v) is 6.01. The van der Waals surface area contributed by atoms with Gasteiger partial charge in [-0.2, -0.15) is 0 Å². The molecule has 0 aromatic carbocycles. The van der Waals surface area contributed by atoms with Crippen LogP contribution in [0, 0.1) is 0 Å². The Balaban J connectivity index is 2.08. The van der Waals surface area contributed by atoms with Crippen molar-refractivity contribution in [2.24, 2.45) is 0 Å². The van der Waals surface area contributed by atoms with Crippen molar-refractivity contribution in [2.75, 3.05) is 0 Å². The van der Waals surface area contributed by atoms with Gasteiger partial charge in [0.25, 0.3) is 0 Å². The van der Waals surface area contributed by atoms with E-state index >= 15 is 0 Å². The molecule has 0 aromatic rings. The molecule has 0 radical (unpaired) electrons. The standard InChI is InChI=1S/C9H14O3S2/c1-6-3-8(10)5-7(2,13-6)14-9(11,4-6)12-8/h10-11H,3-5H2,1-2H3/t6-,7-,8-,9+/m0/s1. The van der Waals surface area contributed by atoms with E-state index in [2.05, 4.69) is 13.8 Å². The predicted octanol–water partition coefficient (Wildman–Crippen LogP) is 1.49. The summed E-state index contributed by atoms with van der Waals surface area (Å²) in [7, 11) is 0. The molecule has 0 aliphatic carbocycles. The Hall–Kier alpha value is 0.580. The van der Waals surface area contributed by atoms with Crippen LogP contribution in [0.5, 0.6) is 0 Å². The molecule has 4 saturated heterocycles. The third kappa shape index (κ3) is 1.26. The molecule has 5 heteroatoms. The zero-order chi connectivity index (χ0) is 10.2. The molecule has 4 aliphatic heterocycles. The van der Waals surface area contributed by atoms with Gasteiger partial charge < -0.3 is 14.9 Å². The largest absolute Gasteiger partial charge is 0.365 e. The summed E-state index contributed by atoms with van der Waals surface area (Å²) in [5, 5.41) is 19.2. The first-order chi connectivity index (χ1) is 6.24. The fourth-order valence-corrected chi connectivity index (χ4v) is 7.89. The average Bonchev–Trinajstić information content (AvgIpc) is 1.67. The second-order valence-corrected chi connectivity index (χ2v) is 9.17. The van der Waals surface area contributed by atoms with Gasteiger partial charge in [0.2, 0.25) is 5.12 Å². The first-order valence-electron chi connectivity index (χ1n) is 4.79. The smallest absolute Gasteiger partial charge is 0.220 e. The molecule has 3 nitrogen and oxygen atoms in total. The van der Waals surface area contributed by atoms with Gasteiger partial charge in [0.05, 0.1) is 4.08 Å². The second kappa shape index (κ2) is 2.30. The van der Waals surface area contributed by atoms with Crippen LogP contribution in [0.3, 0.4) is 0 Å². The summed E-state index contributed by atoms with van der Waals surface area (Å²) >= 11 is 3.32. The predicted molar refractivity (Wildman–Crippen MR) is 56.8 cm³/mol. The molecule has 80 valence electrons. The lowest BCUT2D eigenvalue weighted by atomic mass is 9.89. The van der Waals surface area contributed by atoms with E-state index in [1.807, 2.05) is 11.8 Å². The van der Waals surface area contributed by atoms with Gasteiger partial charge in [-0.15, -0.1) is 11.8 Å². The van der Waals surface area contributed by atoms with Crippen LogP contribution >= 0.6 is 23.5 Å². The minimum atomic E-state index is -1.17. The summed E-state index contributed by atoms with van der Waals surface area (Å²) in [6.45, 7) is 4.19. The lowest BCUT2D eigenvalue weighted by molar-refractivity contribution is -0.335. The first-order valence-corrected chi connectivity index (χ1v) is 6.43. The Morgan fingerprint density at radius 3 is 2.29 bits per heavy atom. The average molecular weight is 234 g/mol. The van der Waals surface area contributed by atoms with Gasteiger partial charge in [0.1, 0.15) is 0 Å². The molecule has 0 saturated carbocycles. The molecule has 2 N–H and O–H groups in total. The van der Waals surface area contributed by atoms with Crippen molar-refractivity contribution in [3.63, 3.8) is 0 Å². The number of aliphatic hydroxyl groups is 2. The van der Waals surface area contributed by atoms with Gasteiger partial charge in [-0.3, -0.25) is 0 Å². The molecule has 4 heterocycles. The number of hydrogen-bond donors (Lipinski definition) is 2. The Morgan fingerprint density at radius 1 is 1.07 bits per heavy atom. The van der Waals surface area contributed by atoms with E-state index in [0.29, 0.717) is 19.3 Å². The highest BCUT2D eigenvalue weighted by Gasteiger charge is 2.67. The van der Waals surface area contributed by atoms with Crippen LogP contribution in [0.4, 0.5) is 0 Å². The second-order valence-electron chi connectivity index (χ2n) is 5.08. The van der Waals surface area contributed by atoms with Gasteiger partial charge >= 0.3 is 0 Å². The fraction of sp³-hybridized carbons (Fsp3) is 1.00. The summed E-state index contributed by atoms with van der Waals surface area (Å²) in [6.07, 6.45) is 1.84. The van der Waals surface area contributed by atoms with Crippen molar-refractivity contribution in [3.05, 3.63) is 0 Å². The third-order valence-electron chi connectivity index (χ3n) is 3.03. The monoisotopic (exact) mass is 234 g/mol. The summed E-state index contributed by atoms with van der Waals surface area (Å²) in [5.41, 5.74) is 0.